The lowest BCUT2D eigenvalue weighted by atomic mass is 9.91. The van der Waals surface area contributed by atoms with Crippen LogP contribution >= 0.6 is 0 Å². The molecular weight excluding hydrogens is 228 g/mol. The highest BCUT2D eigenvalue weighted by atomic mass is 16.4. The van der Waals surface area contributed by atoms with Gasteiger partial charge in [-0.2, -0.15) is 0 Å². The van der Waals surface area contributed by atoms with Crippen LogP contribution in [0.15, 0.2) is 0 Å². The zero-order chi connectivity index (χ0) is 12.5. The smallest absolute Gasteiger partial charge is 0.307 e. The van der Waals surface area contributed by atoms with E-state index in [-0.39, 0.29) is 5.92 Å². The Morgan fingerprint density at radius 2 is 1.67 bits per heavy atom. The molecule has 1 N–H and O–H groups in total. The number of likely N-dealkylation sites (tertiary alicyclic amines) is 1. The lowest BCUT2D eigenvalue weighted by Crippen LogP contribution is -2.51. The van der Waals surface area contributed by atoms with E-state index in [1.54, 1.807) is 0 Å². The monoisotopic (exact) mass is 252 g/mol. The average Bonchev–Trinajstić information content (AvgIpc) is 2.86. The Kier molecular flexibility index (Phi) is 3.57. The predicted octanol–water partition coefficient (Wildman–Crippen LogP) is 1.41. The number of carboxylic acids is 1. The van der Waals surface area contributed by atoms with Gasteiger partial charge in [-0.1, -0.05) is 0 Å². The van der Waals surface area contributed by atoms with Crippen molar-refractivity contribution in [1.82, 2.24) is 9.80 Å². The number of hydrogen-bond acceptors (Lipinski definition) is 3. The van der Waals surface area contributed by atoms with Crippen molar-refractivity contribution in [2.45, 2.75) is 50.6 Å². The summed E-state index contributed by atoms with van der Waals surface area (Å²) in [7, 11) is 0. The summed E-state index contributed by atoms with van der Waals surface area (Å²) in [5, 5.41) is 9.17. The van der Waals surface area contributed by atoms with E-state index in [1.165, 1.54) is 38.8 Å². The molecule has 0 radical (unpaired) electrons. The number of rotatable bonds is 2. The molecule has 3 aliphatic heterocycles. The molecule has 3 unspecified atom stereocenters. The summed E-state index contributed by atoms with van der Waals surface area (Å²) < 4.78 is 0. The fourth-order valence-electron chi connectivity index (χ4n) is 4.07. The normalized spacial score (nSPS) is 38.6. The van der Waals surface area contributed by atoms with E-state index in [1.807, 2.05) is 0 Å². The van der Waals surface area contributed by atoms with Gasteiger partial charge in [0.1, 0.15) is 0 Å². The van der Waals surface area contributed by atoms with Gasteiger partial charge in [0.05, 0.1) is 5.92 Å². The third kappa shape index (κ3) is 2.41. The number of fused-ring (bicyclic) bond motifs is 1. The number of hydrogen-bond donors (Lipinski definition) is 1. The molecule has 3 aliphatic rings. The van der Waals surface area contributed by atoms with E-state index in [4.69, 9.17) is 5.11 Å². The molecule has 18 heavy (non-hydrogen) atoms. The number of piperidine rings is 2. The molecule has 0 saturated carbocycles. The molecule has 102 valence electrons. The molecule has 4 heteroatoms. The zero-order valence-electron chi connectivity index (χ0n) is 11.1. The van der Waals surface area contributed by atoms with Crippen molar-refractivity contribution in [2.24, 2.45) is 5.92 Å². The van der Waals surface area contributed by atoms with Crippen LogP contribution in [0.5, 0.6) is 0 Å². The molecule has 4 nitrogen and oxygen atoms in total. The van der Waals surface area contributed by atoms with Crippen molar-refractivity contribution in [1.29, 1.82) is 0 Å². The first-order valence-corrected chi connectivity index (χ1v) is 7.45. The van der Waals surface area contributed by atoms with Crippen LogP contribution in [0, 0.1) is 5.92 Å². The molecule has 0 aromatic heterocycles. The van der Waals surface area contributed by atoms with Crippen LogP contribution in [0.1, 0.15) is 38.5 Å². The Bertz CT molecular complexity index is 321. The fourth-order valence-corrected chi connectivity index (χ4v) is 4.07. The lowest BCUT2D eigenvalue weighted by Gasteiger charge is -2.43. The molecule has 0 aromatic rings. The van der Waals surface area contributed by atoms with Crippen LogP contribution in [0.25, 0.3) is 0 Å². The van der Waals surface area contributed by atoms with Crippen molar-refractivity contribution in [2.75, 3.05) is 26.2 Å². The van der Waals surface area contributed by atoms with E-state index in [9.17, 15) is 4.79 Å². The molecule has 3 atom stereocenters. The largest absolute Gasteiger partial charge is 0.481 e. The molecule has 0 aliphatic carbocycles. The Morgan fingerprint density at radius 1 is 0.944 bits per heavy atom. The van der Waals surface area contributed by atoms with E-state index in [0.717, 1.165) is 32.0 Å². The highest BCUT2D eigenvalue weighted by Crippen LogP contribution is 2.31. The Labute approximate surface area is 109 Å². The molecule has 3 fully saturated rings. The van der Waals surface area contributed by atoms with Gasteiger partial charge < -0.3 is 10.0 Å². The summed E-state index contributed by atoms with van der Waals surface area (Å²) in [6.45, 7) is 4.41. The highest BCUT2D eigenvalue weighted by molar-refractivity contribution is 5.70. The van der Waals surface area contributed by atoms with E-state index in [2.05, 4.69) is 9.80 Å². The quantitative estimate of drug-likeness (QED) is 0.807. The summed E-state index contributed by atoms with van der Waals surface area (Å²) >= 11 is 0. The van der Waals surface area contributed by atoms with Crippen LogP contribution in [0.4, 0.5) is 0 Å². The van der Waals surface area contributed by atoms with Crippen LogP contribution in [-0.2, 0) is 4.79 Å². The van der Waals surface area contributed by atoms with Crippen molar-refractivity contribution in [3.63, 3.8) is 0 Å². The number of nitrogens with zero attached hydrogens (tertiary/aromatic N) is 2. The summed E-state index contributed by atoms with van der Waals surface area (Å²) in [6.07, 6.45) is 7.15. The van der Waals surface area contributed by atoms with Gasteiger partial charge in [0.25, 0.3) is 0 Å². The maximum Gasteiger partial charge on any atom is 0.307 e. The molecule has 3 heterocycles. The minimum Gasteiger partial charge on any atom is -0.481 e. The lowest BCUT2D eigenvalue weighted by molar-refractivity contribution is -0.144. The fraction of sp³-hybridized carbons (Fsp3) is 0.929. The topological polar surface area (TPSA) is 43.8 Å². The van der Waals surface area contributed by atoms with Crippen molar-refractivity contribution in [3.8, 4) is 0 Å². The minimum atomic E-state index is -0.599. The van der Waals surface area contributed by atoms with E-state index >= 15 is 0 Å². The first kappa shape index (κ1) is 12.4. The van der Waals surface area contributed by atoms with Crippen LogP contribution in [0.3, 0.4) is 0 Å². The van der Waals surface area contributed by atoms with E-state index < -0.39 is 5.97 Å². The molecule has 3 saturated heterocycles. The first-order chi connectivity index (χ1) is 8.74. The van der Waals surface area contributed by atoms with Crippen LogP contribution in [0.2, 0.25) is 0 Å². The Hall–Kier alpha value is -0.610. The molecule has 0 spiro atoms. The van der Waals surface area contributed by atoms with Gasteiger partial charge in [0.2, 0.25) is 0 Å². The maximum absolute atomic E-state index is 11.1. The van der Waals surface area contributed by atoms with Crippen molar-refractivity contribution >= 4 is 5.97 Å². The third-order valence-corrected chi connectivity index (χ3v) is 5.11. The Balaban J connectivity index is 1.59. The average molecular weight is 252 g/mol. The van der Waals surface area contributed by atoms with Gasteiger partial charge in [-0.3, -0.25) is 9.69 Å². The standard InChI is InChI=1S/C14H24N2O2/c17-14(18)11-3-1-7-16(10-11)13-5-8-15-6-2-4-12(15)9-13/h11-13H,1-10H2,(H,17,18). The summed E-state index contributed by atoms with van der Waals surface area (Å²) in [5.74, 6) is -0.724. The molecule has 3 rings (SSSR count). The summed E-state index contributed by atoms with van der Waals surface area (Å²) in [5.41, 5.74) is 0. The van der Waals surface area contributed by atoms with Gasteiger partial charge in [-0.25, -0.2) is 0 Å². The summed E-state index contributed by atoms with van der Waals surface area (Å²) in [6, 6.07) is 1.43. The molecule has 0 amide bonds. The first-order valence-electron chi connectivity index (χ1n) is 7.45. The van der Waals surface area contributed by atoms with Crippen LogP contribution in [-0.4, -0.2) is 59.1 Å². The van der Waals surface area contributed by atoms with Gasteiger partial charge in [0, 0.05) is 18.6 Å². The second kappa shape index (κ2) is 5.17. The summed E-state index contributed by atoms with van der Waals surface area (Å²) in [4.78, 5) is 16.2. The maximum atomic E-state index is 11.1. The second-order valence-corrected chi connectivity index (χ2v) is 6.18. The van der Waals surface area contributed by atoms with Gasteiger partial charge in [-0.05, 0) is 58.2 Å². The number of carbonyl (C=O) groups is 1. The van der Waals surface area contributed by atoms with Crippen molar-refractivity contribution < 1.29 is 9.90 Å². The number of carboxylic acid groups (broad SMARTS) is 1. The van der Waals surface area contributed by atoms with Gasteiger partial charge in [-0.15, -0.1) is 0 Å². The van der Waals surface area contributed by atoms with Gasteiger partial charge >= 0.3 is 5.97 Å². The van der Waals surface area contributed by atoms with Crippen molar-refractivity contribution in [3.05, 3.63) is 0 Å². The third-order valence-electron chi connectivity index (χ3n) is 5.11. The highest BCUT2D eigenvalue weighted by Gasteiger charge is 2.36. The Morgan fingerprint density at radius 3 is 2.50 bits per heavy atom. The SMILES string of the molecule is O=C(O)C1CCCN(C2CCN3CCCC3C2)C1. The molecular formula is C14H24N2O2. The minimum absolute atomic E-state index is 0.125. The van der Waals surface area contributed by atoms with Crippen LogP contribution < -0.4 is 0 Å². The molecule has 0 aromatic carbocycles. The number of aliphatic carboxylic acids is 1. The van der Waals surface area contributed by atoms with Gasteiger partial charge in [0.15, 0.2) is 0 Å². The van der Waals surface area contributed by atoms with E-state index in [0.29, 0.717) is 6.04 Å². The second-order valence-electron chi connectivity index (χ2n) is 6.18. The molecule has 0 bridgehead atoms. The zero-order valence-corrected chi connectivity index (χ0v) is 11.1. The predicted molar refractivity (Wildman–Crippen MR) is 69.5 cm³/mol.